The van der Waals surface area contributed by atoms with Gasteiger partial charge in [0, 0.05) is 26.7 Å². The molecule has 0 aliphatic carbocycles. The van der Waals surface area contributed by atoms with Gasteiger partial charge in [-0.15, -0.1) is 0 Å². The van der Waals surface area contributed by atoms with Crippen molar-refractivity contribution in [2.75, 3.05) is 33.4 Å². The Labute approximate surface area is 88.7 Å². The number of amides is 2. The standard InChI is InChI=1S/C9H17N3O3/c1-15-5-2-8(13)12-4-3-11-6-7(12)9(10)14/h7,11H,2-6H2,1H3,(H2,10,14). The number of primary amides is 1. The van der Waals surface area contributed by atoms with E-state index in [-0.39, 0.29) is 5.91 Å². The third-order valence-electron chi connectivity index (χ3n) is 2.41. The first kappa shape index (κ1) is 11.9. The van der Waals surface area contributed by atoms with Crippen molar-refractivity contribution in [2.24, 2.45) is 5.73 Å². The lowest BCUT2D eigenvalue weighted by Crippen LogP contribution is -2.58. The summed E-state index contributed by atoms with van der Waals surface area (Å²) in [6, 6.07) is -0.525. The number of piperazine rings is 1. The van der Waals surface area contributed by atoms with Crippen LogP contribution >= 0.6 is 0 Å². The summed E-state index contributed by atoms with van der Waals surface area (Å²) in [6.45, 7) is 2.03. The molecule has 1 atom stereocenters. The van der Waals surface area contributed by atoms with E-state index >= 15 is 0 Å². The Balaban J connectivity index is 2.55. The summed E-state index contributed by atoms with van der Waals surface area (Å²) < 4.78 is 4.82. The molecule has 1 heterocycles. The monoisotopic (exact) mass is 215 g/mol. The number of nitrogens with one attached hydrogen (secondary N) is 1. The van der Waals surface area contributed by atoms with E-state index in [4.69, 9.17) is 10.5 Å². The Hall–Kier alpha value is -1.14. The second-order valence-corrected chi connectivity index (χ2v) is 3.45. The summed E-state index contributed by atoms with van der Waals surface area (Å²) in [4.78, 5) is 24.3. The molecule has 1 saturated heterocycles. The molecule has 0 bridgehead atoms. The minimum Gasteiger partial charge on any atom is -0.384 e. The molecule has 1 aliphatic rings. The van der Waals surface area contributed by atoms with Gasteiger partial charge in [0.2, 0.25) is 11.8 Å². The zero-order valence-electron chi connectivity index (χ0n) is 8.86. The van der Waals surface area contributed by atoms with Crippen LogP contribution in [0.4, 0.5) is 0 Å². The molecule has 6 nitrogen and oxygen atoms in total. The summed E-state index contributed by atoms with van der Waals surface area (Å²) in [5.41, 5.74) is 5.22. The summed E-state index contributed by atoms with van der Waals surface area (Å²) in [6.07, 6.45) is 0.292. The summed E-state index contributed by atoms with van der Waals surface area (Å²) in [7, 11) is 1.54. The molecule has 3 N–H and O–H groups in total. The maximum Gasteiger partial charge on any atom is 0.241 e. The van der Waals surface area contributed by atoms with Gasteiger partial charge < -0.3 is 20.7 Å². The molecule has 1 rings (SSSR count). The van der Waals surface area contributed by atoms with Crippen LogP contribution in [0.3, 0.4) is 0 Å². The second kappa shape index (κ2) is 5.67. The van der Waals surface area contributed by atoms with E-state index in [0.29, 0.717) is 32.7 Å². The molecular weight excluding hydrogens is 198 g/mol. The van der Waals surface area contributed by atoms with Crippen molar-refractivity contribution in [1.82, 2.24) is 10.2 Å². The average Bonchev–Trinajstić information content (AvgIpc) is 2.25. The molecule has 0 saturated carbocycles. The molecule has 86 valence electrons. The molecular formula is C9H17N3O3. The molecule has 0 aromatic carbocycles. The lowest BCUT2D eigenvalue weighted by molar-refractivity contribution is -0.141. The van der Waals surface area contributed by atoms with E-state index in [2.05, 4.69) is 5.32 Å². The first-order chi connectivity index (χ1) is 7.16. The van der Waals surface area contributed by atoms with Crippen LogP contribution in [0.15, 0.2) is 0 Å². The third kappa shape index (κ3) is 3.17. The predicted molar refractivity (Wildman–Crippen MR) is 54.1 cm³/mol. The van der Waals surface area contributed by atoms with E-state index < -0.39 is 11.9 Å². The molecule has 6 heteroatoms. The fourth-order valence-electron chi connectivity index (χ4n) is 1.59. The highest BCUT2D eigenvalue weighted by molar-refractivity contribution is 5.87. The minimum absolute atomic E-state index is 0.0813. The number of rotatable bonds is 4. The Morgan fingerprint density at radius 1 is 1.60 bits per heavy atom. The van der Waals surface area contributed by atoms with Gasteiger partial charge in [-0.05, 0) is 0 Å². The van der Waals surface area contributed by atoms with Gasteiger partial charge in [-0.2, -0.15) is 0 Å². The summed E-state index contributed by atoms with van der Waals surface area (Å²) in [5.74, 6) is -0.546. The van der Waals surface area contributed by atoms with Gasteiger partial charge in [0.05, 0.1) is 13.0 Å². The van der Waals surface area contributed by atoms with Crippen LogP contribution in [-0.4, -0.2) is 56.1 Å². The van der Waals surface area contributed by atoms with Gasteiger partial charge in [0.15, 0.2) is 0 Å². The molecule has 1 unspecified atom stereocenters. The number of hydrogen-bond acceptors (Lipinski definition) is 4. The normalized spacial score (nSPS) is 21.4. The molecule has 2 amide bonds. The minimum atomic E-state index is -0.525. The number of hydrogen-bond donors (Lipinski definition) is 2. The van der Waals surface area contributed by atoms with Crippen LogP contribution in [0.5, 0.6) is 0 Å². The van der Waals surface area contributed by atoms with Crippen LogP contribution in [0.1, 0.15) is 6.42 Å². The molecule has 0 radical (unpaired) electrons. The lowest BCUT2D eigenvalue weighted by atomic mass is 10.1. The number of nitrogens with two attached hydrogens (primary N) is 1. The Bertz CT molecular complexity index is 245. The third-order valence-corrected chi connectivity index (χ3v) is 2.41. The average molecular weight is 215 g/mol. The van der Waals surface area contributed by atoms with Crippen molar-refractivity contribution in [2.45, 2.75) is 12.5 Å². The Kier molecular flexibility index (Phi) is 4.51. The molecule has 15 heavy (non-hydrogen) atoms. The van der Waals surface area contributed by atoms with Crippen LogP contribution in [0.25, 0.3) is 0 Å². The maximum atomic E-state index is 11.7. The fraction of sp³-hybridized carbons (Fsp3) is 0.778. The highest BCUT2D eigenvalue weighted by atomic mass is 16.5. The van der Waals surface area contributed by atoms with E-state index in [1.54, 1.807) is 0 Å². The van der Waals surface area contributed by atoms with Crippen molar-refractivity contribution in [3.05, 3.63) is 0 Å². The van der Waals surface area contributed by atoms with E-state index in [1.807, 2.05) is 0 Å². The van der Waals surface area contributed by atoms with Crippen molar-refractivity contribution in [3.63, 3.8) is 0 Å². The van der Waals surface area contributed by atoms with Gasteiger partial charge in [0.1, 0.15) is 6.04 Å². The van der Waals surface area contributed by atoms with E-state index in [0.717, 1.165) is 0 Å². The van der Waals surface area contributed by atoms with Crippen molar-refractivity contribution >= 4 is 11.8 Å². The maximum absolute atomic E-state index is 11.7. The first-order valence-electron chi connectivity index (χ1n) is 4.95. The smallest absolute Gasteiger partial charge is 0.241 e. The molecule has 1 aliphatic heterocycles. The van der Waals surface area contributed by atoms with Gasteiger partial charge in [-0.3, -0.25) is 9.59 Å². The zero-order chi connectivity index (χ0) is 11.3. The number of carbonyl (C=O) groups excluding carboxylic acids is 2. The van der Waals surface area contributed by atoms with Crippen LogP contribution < -0.4 is 11.1 Å². The Morgan fingerprint density at radius 2 is 2.33 bits per heavy atom. The largest absolute Gasteiger partial charge is 0.384 e. The summed E-state index contributed by atoms with van der Waals surface area (Å²) >= 11 is 0. The SMILES string of the molecule is COCCC(=O)N1CCNCC1C(N)=O. The number of methoxy groups -OCH3 is 1. The number of nitrogens with zero attached hydrogens (tertiary/aromatic N) is 1. The fourth-order valence-corrected chi connectivity index (χ4v) is 1.59. The van der Waals surface area contributed by atoms with Gasteiger partial charge in [0.25, 0.3) is 0 Å². The van der Waals surface area contributed by atoms with Gasteiger partial charge in [-0.1, -0.05) is 0 Å². The van der Waals surface area contributed by atoms with Crippen LogP contribution in [0, 0.1) is 0 Å². The number of ether oxygens (including phenoxy) is 1. The highest BCUT2D eigenvalue weighted by Gasteiger charge is 2.29. The van der Waals surface area contributed by atoms with Crippen molar-refractivity contribution in [1.29, 1.82) is 0 Å². The molecule has 0 aromatic rings. The molecule has 1 fully saturated rings. The topological polar surface area (TPSA) is 84.7 Å². The van der Waals surface area contributed by atoms with Crippen molar-refractivity contribution < 1.29 is 14.3 Å². The van der Waals surface area contributed by atoms with Crippen LogP contribution in [-0.2, 0) is 14.3 Å². The quantitative estimate of drug-likeness (QED) is 0.586. The molecule has 0 spiro atoms. The van der Waals surface area contributed by atoms with Gasteiger partial charge in [-0.25, -0.2) is 0 Å². The van der Waals surface area contributed by atoms with E-state index in [1.165, 1.54) is 12.0 Å². The van der Waals surface area contributed by atoms with E-state index in [9.17, 15) is 9.59 Å². The first-order valence-corrected chi connectivity index (χ1v) is 4.95. The van der Waals surface area contributed by atoms with Gasteiger partial charge >= 0.3 is 0 Å². The Morgan fingerprint density at radius 3 is 2.93 bits per heavy atom. The molecule has 0 aromatic heterocycles. The van der Waals surface area contributed by atoms with Crippen molar-refractivity contribution in [3.8, 4) is 0 Å². The second-order valence-electron chi connectivity index (χ2n) is 3.45. The zero-order valence-corrected chi connectivity index (χ0v) is 8.86. The van der Waals surface area contributed by atoms with Crippen LogP contribution in [0.2, 0.25) is 0 Å². The summed E-state index contributed by atoms with van der Waals surface area (Å²) in [5, 5.41) is 3.03. The lowest BCUT2D eigenvalue weighted by Gasteiger charge is -2.34. The number of carbonyl (C=O) groups is 2. The predicted octanol–water partition coefficient (Wildman–Crippen LogP) is -1.69. The highest BCUT2D eigenvalue weighted by Crippen LogP contribution is 2.05.